The van der Waals surface area contributed by atoms with Crippen LogP contribution in [0.1, 0.15) is 29.9 Å². The van der Waals surface area contributed by atoms with Crippen LogP contribution in [0.2, 0.25) is 0 Å². The second-order valence-corrected chi connectivity index (χ2v) is 8.75. The van der Waals surface area contributed by atoms with Gasteiger partial charge in [-0.3, -0.25) is 19.7 Å². The Morgan fingerprint density at radius 2 is 1.89 bits per heavy atom. The molecule has 0 aliphatic heterocycles. The average molecular weight is 499 g/mol. The third-order valence-electron chi connectivity index (χ3n) is 5.18. The Bertz CT molecular complexity index is 1230. The standard InChI is InChI=1S/C23H26N6O5S/c1-14-5-8-17(12-19(14)29(32)33)25-21(31)13-35-23-27-26-22(28(23)3)15(2)24-20(30)11-16-6-9-18(34-4)10-7-16/h5-10,12,15H,11,13H2,1-4H3,(H,24,30)(H,25,31)/t15-/m0/s1. The smallest absolute Gasteiger partial charge is 0.274 e. The normalized spacial score (nSPS) is 11.5. The summed E-state index contributed by atoms with van der Waals surface area (Å²) in [5.41, 5.74) is 1.66. The maximum absolute atomic E-state index is 12.4. The fourth-order valence-electron chi connectivity index (χ4n) is 3.33. The number of nitro groups is 1. The molecule has 2 N–H and O–H groups in total. The van der Waals surface area contributed by atoms with Crippen molar-refractivity contribution >= 4 is 35.0 Å². The van der Waals surface area contributed by atoms with E-state index in [2.05, 4.69) is 20.8 Å². The first kappa shape index (κ1) is 25.7. The molecule has 12 heteroatoms. The number of nitrogens with zero attached hydrogens (tertiary/aromatic N) is 4. The molecule has 0 radical (unpaired) electrons. The van der Waals surface area contributed by atoms with E-state index in [1.54, 1.807) is 56.8 Å². The molecule has 184 valence electrons. The van der Waals surface area contributed by atoms with Gasteiger partial charge in [0.05, 0.1) is 30.2 Å². The molecule has 2 amide bonds. The van der Waals surface area contributed by atoms with Gasteiger partial charge in [0.25, 0.3) is 5.69 Å². The van der Waals surface area contributed by atoms with Crippen LogP contribution in [-0.4, -0.2) is 44.4 Å². The molecule has 3 aromatic rings. The fraction of sp³-hybridized carbons (Fsp3) is 0.304. The monoisotopic (exact) mass is 498 g/mol. The van der Waals surface area contributed by atoms with Crippen LogP contribution in [-0.2, 0) is 23.1 Å². The van der Waals surface area contributed by atoms with Gasteiger partial charge in [-0.1, -0.05) is 30.0 Å². The van der Waals surface area contributed by atoms with Crippen LogP contribution in [0, 0.1) is 17.0 Å². The predicted molar refractivity (Wildman–Crippen MR) is 131 cm³/mol. The number of rotatable bonds is 10. The van der Waals surface area contributed by atoms with Crippen LogP contribution in [0.25, 0.3) is 0 Å². The molecule has 0 aliphatic carbocycles. The minimum Gasteiger partial charge on any atom is -0.497 e. The highest BCUT2D eigenvalue weighted by molar-refractivity contribution is 7.99. The Morgan fingerprint density at radius 3 is 2.54 bits per heavy atom. The zero-order valence-corrected chi connectivity index (χ0v) is 20.6. The number of anilines is 1. The first-order chi connectivity index (χ1) is 16.7. The van der Waals surface area contributed by atoms with Crippen LogP contribution >= 0.6 is 11.8 Å². The summed E-state index contributed by atoms with van der Waals surface area (Å²) in [7, 11) is 3.34. The van der Waals surface area contributed by atoms with E-state index in [0.717, 1.165) is 11.3 Å². The summed E-state index contributed by atoms with van der Waals surface area (Å²) in [5, 5.41) is 25.4. The van der Waals surface area contributed by atoms with Crippen LogP contribution in [0.5, 0.6) is 5.75 Å². The van der Waals surface area contributed by atoms with E-state index in [1.165, 1.54) is 17.8 Å². The highest BCUT2D eigenvalue weighted by atomic mass is 32.2. The maximum atomic E-state index is 12.4. The van der Waals surface area contributed by atoms with Gasteiger partial charge in [0.2, 0.25) is 11.8 Å². The van der Waals surface area contributed by atoms with Gasteiger partial charge in [-0.2, -0.15) is 0 Å². The summed E-state index contributed by atoms with van der Waals surface area (Å²) in [4.78, 5) is 35.4. The largest absolute Gasteiger partial charge is 0.497 e. The molecule has 35 heavy (non-hydrogen) atoms. The topological polar surface area (TPSA) is 141 Å². The molecule has 3 rings (SSSR count). The molecule has 0 saturated carbocycles. The van der Waals surface area contributed by atoms with Gasteiger partial charge < -0.3 is 19.9 Å². The number of benzene rings is 2. The van der Waals surface area contributed by atoms with E-state index in [-0.39, 0.29) is 29.7 Å². The molecule has 1 heterocycles. The van der Waals surface area contributed by atoms with E-state index in [1.807, 2.05) is 12.1 Å². The van der Waals surface area contributed by atoms with Gasteiger partial charge in [-0.05, 0) is 37.6 Å². The maximum Gasteiger partial charge on any atom is 0.274 e. The van der Waals surface area contributed by atoms with Gasteiger partial charge >= 0.3 is 0 Å². The molecule has 0 unspecified atom stereocenters. The van der Waals surface area contributed by atoms with Crippen molar-refractivity contribution in [3.63, 3.8) is 0 Å². The molecular weight excluding hydrogens is 472 g/mol. The van der Waals surface area contributed by atoms with Gasteiger partial charge in [0.15, 0.2) is 11.0 Å². The van der Waals surface area contributed by atoms with E-state index >= 15 is 0 Å². The third-order valence-corrected chi connectivity index (χ3v) is 6.20. The molecule has 11 nitrogen and oxygen atoms in total. The van der Waals surface area contributed by atoms with Crippen molar-refractivity contribution in [3.05, 3.63) is 69.5 Å². The number of nitro benzene ring substituents is 1. The van der Waals surface area contributed by atoms with Crippen molar-refractivity contribution in [3.8, 4) is 5.75 Å². The number of nitrogens with one attached hydrogen (secondary N) is 2. The first-order valence-corrected chi connectivity index (χ1v) is 11.7. The van der Waals surface area contributed by atoms with E-state index < -0.39 is 11.0 Å². The fourth-order valence-corrected chi connectivity index (χ4v) is 4.04. The second kappa shape index (κ2) is 11.5. The van der Waals surface area contributed by atoms with Crippen LogP contribution < -0.4 is 15.4 Å². The zero-order valence-electron chi connectivity index (χ0n) is 19.8. The highest BCUT2D eigenvalue weighted by Crippen LogP contribution is 2.23. The van der Waals surface area contributed by atoms with Gasteiger partial charge in [0, 0.05) is 24.4 Å². The summed E-state index contributed by atoms with van der Waals surface area (Å²) in [5.74, 6) is 0.807. The number of carbonyl (C=O) groups is 2. The molecule has 0 spiro atoms. The lowest BCUT2D eigenvalue weighted by atomic mass is 10.1. The SMILES string of the molecule is COc1ccc(CC(=O)N[C@@H](C)c2nnc(SCC(=O)Nc3ccc(C)c([N+](=O)[O-])c3)n2C)cc1. The predicted octanol–water partition coefficient (Wildman–Crippen LogP) is 3.19. The Balaban J connectivity index is 1.54. The molecule has 0 saturated heterocycles. The Hall–Kier alpha value is -3.93. The Morgan fingerprint density at radius 1 is 1.17 bits per heavy atom. The lowest BCUT2D eigenvalue weighted by Crippen LogP contribution is -2.29. The minimum absolute atomic E-state index is 0.0336. The van der Waals surface area contributed by atoms with Crippen molar-refractivity contribution in [2.24, 2.45) is 7.05 Å². The van der Waals surface area contributed by atoms with Gasteiger partial charge in [-0.15, -0.1) is 10.2 Å². The molecule has 0 bridgehead atoms. The molecule has 0 aliphatic rings. The quantitative estimate of drug-likeness (QED) is 0.247. The van der Waals surface area contributed by atoms with Crippen LogP contribution in [0.4, 0.5) is 11.4 Å². The summed E-state index contributed by atoms with van der Waals surface area (Å²) in [6.45, 7) is 3.44. The van der Waals surface area contributed by atoms with Crippen molar-refractivity contribution in [1.29, 1.82) is 0 Å². The van der Waals surface area contributed by atoms with Gasteiger partial charge in [-0.25, -0.2) is 0 Å². The number of methoxy groups -OCH3 is 1. The van der Waals surface area contributed by atoms with Crippen LogP contribution in [0.15, 0.2) is 47.6 Å². The number of amides is 2. The highest BCUT2D eigenvalue weighted by Gasteiger charge is 2.19. The summed E-state index contributed by atoms with van der Waals surface area (Å²) < 4.78 is 6.84. The summed E-state index contributed by atoms with van der Waals surface area (Å²) in [6.07, 6.45) is 0.213. The second-order valence-electron chi connectivity index (χ2n) is 7.81. The molecular formula is C23H26N6O5S. The summed E-state index contributed by atoms with van der Waals surface area (Å²) in [6, 6.07) is 11.4. The lowest BCUT2D eigenvalue weighted by Gasteiger charge is -2.14. The number of hydrogen-bond acceptors (Lipinski definition) is 8. The Kier molecular flexibility index (Phi) is 8.42. The molecule has 1 atom stereocenters. The number of thioether (sulfide) groups is 1. The number of aromatic nitrogens is 3. The Labute approximate surface area is 206 Å². The number of ether oxygens (including phenoxy) is 1. The van der Waals surface area contributed by atoms with Crippen molar-refractivity contribution in [2.45, 2.75) is 31.5 Å². The van der Waals surface area contributed by atoms with Gasteiger partial charge in [0.1, 0.15) is 5.75 Å². The minimum atomic E-state index is -0.488. The average Bonchev–Trinajstić information content (AvgIpc) is 3.19. The third kappa shape index (κ3) is 6.79. The first-order valence-electron chi connectivity index (χ1n) is 10.7. The number of carbonyl (C=O) groups excluding carboxylic acids is 2. The number of hydrogen-bond donors (Lipinski definition) is 2. The van der Waals surface area contributed by atoms with E-state index in [0.29, 0.717) is 22.2 Å². The molecule has 2 aromatic carbocycles. The van der Waals surface area contributed by atoms with E-state index in [9.17, 15) is 19.7 Å². The zero-order chi connectivity index (χ0) is 25.5. The van der Waals surface area contributed by atoms with Crippen LogP contribution in [0.3, 0.4) is 0 Å². The summed E-state index contributed by atoms with van der Waals surface area (Å²) >= 11 is 1.17. The van der Waals surface area contributed by atoms with Crippen molar-refractivity contribution in [1.82, 2.24) is 20.1 Å². The number of aryl methyl sites for hydroxylation is 1. The molecule has 0 fully saturated rings. The van der Waals surface area contributed by atoms with Crippen molar-refractivity contribution in [2.75, 3.05) is 18.2 Å². The van der Waals surface area contributed by atoms with Crippen molar-refractivity contribution < 1.29 is 19.2 Å². The van der Waals surface area contributed by atoms with E-state index in [4.69, 9.17) is 4.74 Å². The molecule has 1 aromatic heterocycles. The lowest BCUT2D eigenvalue weighted by molar-refractivity contribution is -0.385.